The molecule has 4 rings (SSSR count). The van der Waals surface area contributed by atoms with Crippen molar-refractivity contribution in [3.8, 4) is 0 Å². The number of anilines is 2. The van der Waals surface area contributed by atoms with Crippen LogP contribution in [0.15, 0.2) is 72.8 Å². The van der Waals surface area contributed by atoms with Crippen molar-refractivity contribution >= 4 is 34.5 Å². The molecule has 0 spiro atoms. The van der Waals surface area contributed by atoms with Crippen molar-refractivity contribution in [1.29, 1.82) is 0 Å². The van der Waals surface area contributed by atoms with Gasteiger partial charge in [0.05, 0.1) is 17.5 Å². The lowest BCUT2D eigenvalue weighted by Crippen LogP contribution is -2.25. The smallest absolute Gasteiger partial charge is 0.303 e. The average Bonchev–Trinajstić information content (AvgIpc) is 3.21. The van der Waals surface area contributed by atoms with E-state index >= 15 is 0 Å². The molecule has 1 atom stereocenters. The fraction of sp³-hybridized carbons (Fsp3) is 0.192. The van der Waals surface area contributed by atoms with E-state index in [0.29, 0.717) is 24.5 Å². The number of carbonyl (C=O) groups excluding carboxylic acids is 1. The molecule has 1 unspecified atom stereocenters. The van der Waals surface area contributed by atoms with E-state index in [1.54, 1.807) is 12.1 Å². The maximum absolute atomic E-state index is 12.6. The summed E-state index contributed by atoms with van der Waals surface area (Å²) in [4.78, 5) is 31.3. The van der Waals surface area contributed by atoms with Crippen LogP contribution < -0.4 is 10.6 Å². The molecule has 3 aromatic carbocycles. The zero-order valence-corrected chi connectivity index (χ0v) is 18.3. The molecular weight excluding hydrogens is 416 g/mol. The second-order valence-corrected chi connectivity index (χ2v) is 8.06. The predicted octanol–water partition coefficient (Wildman–Crippen LogP) is 4.86. The van der Waals surface area contributed by atoms with Crippen molar-refractivity contribution in [2.45, 2.75) is 25.7 Å². The Kier molecular flexibility index (Phi) is 6.69. The fourth-order valence-electron chi connectivity index (χ4n) is 3.74. The molecule has 33 heavy (non-hydrogen) atoms. The van der Waals surface area contributed by atoms with Crippen LogP contribution in [0.25, 0.3) is 11.0 Å². The maximum Gasteiger partial charge on any atom is 0.303 e. The van der Waals surface area contributed by atoms with Gasteiger partial charge in [-0.2, -0.15) is 0 Å². The van der Waals surface area contributed by atoms with Gasteiger partial charge in [0.15, 0.2) is 0 Å². The Morgan fingerprint density at radius 3 is 2.67 bits per heavy atom. The molecule has 1 aromatic heterocycles. The third-order valence-corrected chi connectivity index (χ3v) is 5.48. The lowest BCUT2D eigenvalue weighted by Gasteiger charge is -2.12. The Balaban J connectivity index is 1.34. The van der Waals surface area contributed by atoms with E-state index in [-0.39, 0.29) is 18.2 Å². The van der Waals surface area contributed by atoms with Crippen LogP contribution in [0, 0.1) is 0 Å². The van der Waals surface area contributed by atoms with Crippen molar-refractivity contribution in [1.82, 2.24) is 15.3 Å². The van der Waals surface area contributed by atoms with Crippen LogP contribution in [0.3, 0.4) is 0 Å². The zero-order valence-electron chi connectivity index (χ0n) is 18.3. The van der Waals surface area contributed by atoms with Crippen molar-refractivity contribution in [2.24, 2.45) is 0 Å². The van der Waals surface area contributed by atoms with Gasteiger partial charge < -0.3 is 20.7 Å². The molecule has 1 amide bonds. The molecule has 0 aliphatic carbocycles. The molecule has 0 bridgehead atoms. The number of H-pyrrole nitrogens is 1. The minimum absolute atomic E-state index is 0.0564. The molecule has 0 aliphatic rings. The summed E-state index contributed by atoms with van der Waals surface area (Å²) >= 11 is 0. The van der Waals surface area contributed by atoms with Gasteiger partial charge in [-0.1, -0.05) is 49.4 Å². The van der Waals surface area contributed by atoms with Gasteiger partial charge in [-0.15, -0.1) is 0 Å². The van der Waals surface area contributed by atoms with Crippen LogP contribution in [-0.2, 0) is 11.2 Å². The summed E-state index contributed by atoms with van der Waals surface area (Å²) in [5.41, 5.74) is 5.18. The first-order valence-corrected chi connectivity index (χ1v) is 10.9. The number of hydrogen-bond donors (Lipinski definition) is 4. The number of hydrogen-bond acceptors (Lipinski definition) is 4. The molecule has 4 aromatic rings. The van der Waals surface area contributed by atoms with Crippen molar-refractivity contribution in [2.75, 3.05) is 11.9 Å². The molecule has 7 heteroatoms. The first-order valence-electron chi connectivity index (χ1n) is 10.9. The lowest BCUT2D eigenvalue weighted by molar-refractivity contribution is -0.137. The first-order chi connectivity index (χ1) is 16.0. The average molecular weight is 443 g/mol. The van der Waals surface area contributed by atoms with Crippen LogP contribution in [-0.4, -0.2) is 33.5 Å². The molecule has 1 heterocycles. The summed E-state index contributed by atoms with van der Waals surface area (Å²) in [5.74, 6) is -0.402. The molecule has 0 saturated carbocycles. The van der Waals surface area contributed by atoms with Gasteiger partial charge in [0, 0.05) is 17.8 Å². The number of aromatic nitrogens is 2. The van der Waals surface area contributed by atoms with Crippen LogP contribution >= 0.6 is 0 Å². The van der Waals surface area contributed by atoms with E-state index in [1.165, 1.54) is 0 Å². The Hall–Kier alpha value is -4.13. The molecular formula is C26H26N4O3. The molecule has 0 fully saturated rings. The zero-order chi connectivity index (χ0) is 23.2. The highest BCUT2D eigenvalue weighted by Crippen LogP contribution is 2.21. The van der Waals surface area contributed by atoms with Crippen LogP contribution in [0.2, 0.25) is 0 Å². The molecule has 7 nitrogen and oxygen atoms in total. The Morgan fingerprint density at radius 2 is 1.85 bits per heavy atom. The number of carbonyl (C=O) groups is 2. The highest BCUT2D eigenvalue weighted by Gasteiger charge is 2.11. The number of aliphatic carboxylic acids is 1. The number of carboxylic acids is 1. The number of imidazole rings is 1. The van der Waals surface area contributed by atoms with Gasteiger partial charge in [-0.3, -0.25) is 9.59 Å². The minimum atomic E-state index is -0.808. The summed E-state index contributed by atoms with van der Waals surface area (Å²) in [6, 6.07) is 22.9. The monoisotopic (exact) mass is 442 g/mol. The number of nitrogens with one attached hydrogen (secondary N) is 3. The topological polar surface area (TPSA) is 107 Å². The molecule has 4 N–H and O–H groups in total. The lowest BCUT2D eigenvalue weighted by atomic mass is 9.95. The summed E-state index contributed by atoms with van der Waals surface area (Å²) < 4.78 is 0. The van der Waals surface area contributed by atoms with E-state index in [4.69, 9.17) is 5.11 Å². The van der Waals surface area contributed by atoms with Gasteiger partial charge in [0.2, 0.25) is 5.95 Å². The van der Waals surface area contributed by atoms with Gasteiger partial charge in [0.25, 0.3) is 5.91 Å². The molecule has 168 valence electrons. The second-order valence-electron chi connectivity index (χ2n) is 8.06. The fourth-order valence-corrected chi connectivity index (χ4v) is 3.74. The third kappa shape index (κ3) is 5.77. The van der Waals surface area contributed by atoms with Gasteiger partial charge >= 0.3 is 5.97 Å². The normalized spacial score (nSPS) is 11.8. The number of rotatable bonds is 9. The van der Waals surface area contributed by atoms with E-state index in [1.807, 2.05) is 67.6 Å². The van der Waals surface area contributed by atoms with Crippen molar-refractivity contribution in [3.63, 3.8) is 0 Å². The highest BCUT2D eigenvalue weighted by atomic mass is 16.4. The predicted molar refractivity (Wildman–Crippen MR) is 129 cm³/mol. The molecule has 0 saturated heterocycles. The van der Waals surface area contributed by atoms with Gasteiger partial charge in [-0.05, 0) is 53.8 Å². The van der Waals surface area contributed by atoms with Crippen LogP contribution in [0.4, 0.5) is 11.6 Å². The number of carboxylic acid groups (broad SMARTS) is 1. The number of aromatic amines is 1. The number of para-hydroxylation sites is 2. The van der Waals surface area contributed by atoms with Crippen LogP contribution in [0.5, 0.6) is 0 Å². The molecule has 0 radical (unpaired) electrons. The minimum Gasteiger partial charge on any atom is -0.481 e. The maximum atomic E-state index is 12.6. The quantitative estimate of drug-likeness (QED) is 0.296. The Bertz CT molecular complexity index is 1250. The van der Waals surface area contributed by atoms with E-state index in [9.17, 15) is 9.59 Å². The third-order valence-electron chi connectivity index (χ3n) is 5.48. The summed E-state index contributed by atoms with van der Waals surface area (Å²) in [6.07, 6.45) is 0.759. The number of fused-ring (bicyclic) bond motifs is 1. The standard InChI is InChI=1S/C26H26N4O3/c1-17(14-24(31)32)19-7-4-6-18(15-19)12-13-27-25(33)20-8-5-9-21(16-20)28-26-29-22-10-2-3-11-23(22)30-26/h2-11,15-17H,12-14H2,1H3,(H,27,33)(H,31,32)(H2,28,29,30). The van der Waals surface area contributed by atoms with E-state index in [0.717, 1.165) is 27.8 Å². The number of amides is 1. The van der Waals surface area contributed by atoms with Gasteiger partial charge in [-0.25, -0.2) is 4.98 Å². The van der Waals surface area contributed by atoms with Crippen LogP contribution in [0.1, 0.15) is 40.7 Å². The summed E-state index contributed by atoms with van der Waals surface area (Å²) in [7, 11) is 0. The van der Waals surface area contributed by atoms with Crippen molar-refractivity contribution in [3.05, 3.63) is 89.5 Å². The second kappa shape index (κ2) is 9.99. The van der Waals surface area contributed by atoms with Crippen molar-refractivity contribution < 1.29 is 14.7 Å². The van der Waals surface area contributed by atoms with Gasteiger partial charge in [0.1, 0.15) is 0 Å². The Labute approximate surface area is 191 Å². The number of benzene rings is 3. The Morgan fingerprint density at radius 1 is 1.03 bits per heavy atom. The molecule has 0 aliphatic heterocycles. The number of nitrogens with zero attached hydrogens (tertiary/aromatic N) is 1. The van der Waals surface area contributed by atoms with E-state index < -0.39 is 5.97 Å². The summed E-state index contributed by atoms with van der Waals surface area (Å²) in [6.45, 7) is 2.39. The SMILES string of the molecule is CC(CC(=O)O)c1cccc(CCNC(=O)c2cccc(Nc3nc4ccccc4[nH]3)c2)c1. The highest BCUT2D eigenvalue weighted by molar-refractivity contribution is 5.95. The largest absolute Gasteiger partial charge is 0.481 e. The summed E-state index contributed by atoms with van der Waals surface area (Å²) in [5, 5.41) is 15.2. The van der Waals surface area contributed by atoms with E-state index in [2.05, 4.69) is 20.6 Å². The first kappa shape index (κ1) is 22.1.